The maximum absolute atomic E-state index is 2.75. The monoisotopic (exact) mass is 893 g/mol. The third-order valence-electron chi connectivity index (χ3n) is 16.1. The van der Waals surface area contributed by atoms with E-state index >= 15 is 0 Å². The molecule has 7 aromatic carbocycles. The molecule has 4 heterocycles. The molecule has 0 fully saturated rings. The lowest BCUT2D eigenvalue weighted by atomic mass is 9.84. The minimum absolute atomic E-state index is 0.340. The average Bonchev–Trinajstić information content (AvgIpc) is 4.02. The molecule has 0 radical (unpaired) electrons. The Morgan fingerprint density at radius 3 is 0.882 bits per heavy atom. The molecule has 2 nitrogen and oxygen atoms in total. The zero-order chi connectivity index (χ0) is 48.1. The summed E-state index contributed by atoms with van der Waals surface area (Å²) in [5.41, 5.74) is 25.0. The minimum atomic E-state index is 0.340. The smallest absolute Gasteiger partial charge is 0.0634 e. The molecule has 0 bridgehead atoms. The third-order valence-corrected chi connectivity index (χ3v) is 16.1. The van der Waals surface area contributed by atoms with Crippen LogP contribution < -0.4 is 0 Å². The van der Waals surface area contributed by atoms with E-state index < -0.39 is 0 Å². The molecule has 11 aromatic rings. The first kappa shape index (κ1) is 44.6. The average molecular weight is 893 g/mol. The van der Waals surface area contributed by atoms with Crippen molar-refractivity contribution in [3.8, 4) is 22.3 Å². The van der Waals surface area contributed by atoms with E-state index in [9.17, 15) is 0 Å². The molecule has 11 rings (SSSR count). The van der Waals surface area contributed by atoms with Crippen LogP contribution in [0.25, 0.3) is 98.4 Å². The van der Waals surface area contributed by atoms with Crippen LogP contribution in [0.15, 0.2) is 97.1 Å². The van der Waals surface area contributed by atoms with Gasteiger partial charge in [0.05, 0.1) is 33.1 Å². The van der Waals surface area contributed by atoms with E-state index in [1.54, 1.807) is 0 Å². The summed E-state index contributed by atoms with van der Waals surface area (Å²) in [6.45, 7) is 37.9. The maximum atomic E-state index is 2.75. The molecule has 346 valence electrons. The summed E-state index contributed by atoms with van der Waals surface area (Å²) in [7, 11) is 0. The van der Waals surface area contributed by atoms with Gasteiger partial charge in [-0.15, -0.1) is 0 Å². The van der Waals surface area contributed by atoms with Crippen LogP contribution >= 0.6 is 0 Å². The summed E-state index contributed by atoms with van der Waals surface area (Å²) in [5, 5.41) is 11.1. The van der Waals surface area contributed by atoms with Crippen molar-refractivity contribution in [1.29, 1.82) is 0 Å². The fourth-order valence-electron chi connectivity index (χ4n) is 12.6. The van der Waals surface area contributed by atoms with Crippen molar-refractivity contribution >= 4 is 76.2 Å². The second-order valence-electron chi connectivity index (χ2n) is 23.2. The molecular weight excluding hydrogens is 821 g/mol. The first-order valence-corrected chi connectivity index (χ1v) is 26.2. The van der Waals surface area contributed by atoms with Gasteiger partial charge in [-0.2, -0.15) is 0 Å². The molecule has 0 aliphatic carbocycles. The van der Waals surface area contributed by atoms with Gasteiger partial charge in [-0.1, -0.05) is 184 Å². The number of nitrogens with zero attached hydrogens (tertiary/aromatic N) is 2. The molecule has 0 aliphatic heterocycles. The lowest BCUT2D eigenvalue weighted by Crippen LogP contribution is -2.00. The Hall–Kier alpha value is -5.86. The van der Waals surface area contributed by atoms with Crippen molar-refractivity contribution in [3.05, 3.63) is 142 Å². The van der Waals surface area contributed by atoms with Gasteiger partial charge in [0.15, 0.2) is 0 Å². The SMILES string of the molecule is CC(C)c1cc(C(C)C)c2c(c1)c1c3c4ccc(-c5c(C(C)C)cccc5C(C)C)cc4n4c5c(C(C)C)cc(C(C)C)cc5c(c5c6ccc(-c7c(C(C)C)cccc7C(C)C)cc6n2c51)c34. The van der Waals surface area contributed by atoms with Crippen LogP contribution in [-0.2, 0) is 0 Å². The van der Waals surface area contributed by atoms with Crippen LogP contribution in [0.3, 0.4) is 0 Å². The highest BCUT2D eigenvalue weighted by atomic mass is 14.9. The molecule has 68 heavy (non-hydrogen) atoms. The predicted octanol–water partition coefficient (Wildman–Crippen LogP) is 20.3. The zero-order valence-electron chi connectivity index (χ0n) is 43.8. The Kier molecular flexibility index (Phi) is 10.4. The zero-order valence-corrected chi connectivity index (χ0v) is 43.8. The summed E-state index contributed by atoms with van der Waals surface area (Å²) < 4.78 is 5.50. The minimum Gasteiger partial charge on any atom is -0.308 e. The van der Waals surface area contributed by atoms with E-state index in [1.165, 1.54) is 143 Å². The number of aromatic nitrogens is 2. The summed E-state index contributed by atoms with van der Waals surface area (Å²) in [6, 6.07) is 39.4. The van der Waals surface area contributed by atoms with Gasteiger partial charge in [-0.25, -0.2) is 0 Å². The quantitative estimate of drug-likeness (QED) is 0.129. The number of rotatable bonds is 10. The number of fused-ring (bicyclic) bond motifs is 14. The summed E-state index contributed by atoms with van der Waals surface area (Å²) in [6.07, 6.45) is 0. The Morgan fingerprint density at radius 1 is 0.279 bits per heavy atom. The van der Waals surface area contributed by atoms with Crippen LogP contribution in [0.4, 0.5) is 0 Å². The summed E-state index contributed by atoms with van der Waals surface area (Å²) >= 11 is 0. The Bertz CT molecular complexity index is 3490. The standard InChI is InChI=1S/C66H72N2/c1-33(2)43-27-51(39(13)14)63-53(29-43)61-59-49-25-23-42(58-47(37(9)10)21-18-22-48(58)38(11)12)32-56(49)68-64-52(40(15)16)28-44(34(3)4)30-54(64)62(66(59)68)60-50-26-24-41(31-55(50)67(63)65(60)61)57-45(35(5)6)19-17-20-46(57)36(7)8/h17-40H,1-16H3. The third kappa shape index (κ3) is 6.20. The van der Waals surface area contributed by atoms with E-state index in [2.05, 4.69) is 217 Å². The maximum Gasteiger partial charge on any atom is 0.0634 e. The largest absolute Gasteiger partial charge is 0.308 e. The Balaban J connectivity index is 1.44. The summed E-state index contributed by atoms with van der Waals surface area (Å²) in [5.74, 6) is 3.10. The molecule has 0 atom stereocenters. The fourth-order valence-corrected chi connectivity index (χ4v) is 12.6. The van der Waals surface area contributed by atoms with Crippen LogP contribution in [-0.4, -0.2) is 8.80 Å². The molecule has 0 unspecified atom stereocenters. The normalized spacial score (nSPS) is 13.2. The van der Waals surface area contributed by atoms with Gasteiger partial charge in [0.25, 0.3) is 0 Å². The molecule has 2 heteroatoms. The highest BCUT2D eigenvalue weighted by Gasteiger charge is 2.32. The number of benzene rings is 7. The van der Waals surface area contributed by atoms with Crippen molar-refractivity contribution in [2.24, 2.45) is 0 Å². The van der Waals surface area contributed by atoms with Gasteiger partial charge in [0.2, 0.25) is 0 Å². The topological polar surface area (TPSA) is 8.82 Å². The Labute approximate surface area is 405 Å². The van der Waals surface area contributed by atoms with Gasteiger partial charge < -0.3 is 8.80 Å². The second kappa shape index (κ2) is 15.8. The molecular formula is C66H72N2. The van der Waals surface area contributed by atoms with E-state index in [-0.39, 0.29) is 0 Å². The van der Waals surface area contributed by atoms with E-state index in [0.29, 0.717) is 47.3 Å². The highest BCUT2D eigenvalue weighted by molar-refractivity contribution is 6.45. The lowest BCUT2D eigenvalue weighted by molar-refractivity contribution is 0.838. The number of hydrogen-bond donors (Lipinski definition) is 0. The molecule has 0 aliphatic rings. The van der Waals surface area contributed by atoms with Gasteiger partial charge in [-0.3, -0.25) is 0 Å². The molecule has 0 saturated heterocycles. The predicted molar refractivity (Wildman–Crippen MR) is 299 cm³/mol. The van der Waals surface area contributed by atoms with Crippen molar-refractivity contribution in [2.45, 2.75) is 158 Å². The molecule has 0 saturated carbocycles. The van der Waals surface area contributed by atoms with Crippen LogP contribution in [0, 0.1) is 0 Å². The van der Waals surface area contributed by atoms with Crippen LogP contribution in [0.1, 0.15) is 203 Å². The molecule has 0 N–H and O–H groups in total. The highest BCUT2D eigenvalue weighted by Crippen LogP contribution is 2.55. The van der Waals surface area contributed by atoms with Crippen molar-refractivity contribution in [1.82, 2.24) is 8.80 Å². The van der Waals surface area contributed by atoms with Crippen molar-refractivity contribution < 1.29 is 0 Å². The first-order valence-electron chi connectivity index (χ1n) is 26.2. The Morgan fingerprint density at radius 2 is 0.588 bits per heavy atom. The van der Waals surface area contributed by atoms with Crippen LogP contribution in [0.5, 0.6) is 0 Å². The fraction of sp³-hybridized carbons (Fsp3) is 0.364. The molecule has 0 amide bonds. The van der Waals surface area contributed by atoms with Gasteiger partial charge in [0, 0.05) is 43.1 Å². The van der Waals surface area contributed by atoms with Crippen LogP contribution in [0.2, 0.25) is 0 Å². The first-order chi connectivity index (χ1) is 32.4. The molecule has 4 aromatic heterocycles. The van der Waals surface area contributed by atoms with Gasteiger partial charge in [0.1, 0.15) is 0 Å². The lowest BCUT2D eigenvalue weighted by Gasteiger charge is -2.20. The van der Waals surface area contributed by atoms with E-state index in [0.717, 1.165) is 0 Å². The van der Waals surface area contributed by atoms with E-state index in [4.69, 9.17) is 0 Å². The molecule has 0 spiro atoms. The van der Waals surface area contributed by atoms with Crippen molar-refractivity contribution in [3.63, 3.8) is 0 Å². The summed E-state index contributed by atoms with van der Waals surface area (Å²) in [4.78, 5) is 0. The van der Waals surface area contributed by atoms with Gasteiger partial charge in [-0.05, 0) is 138 Å². The number of hydrogen-bond acceptors (Lipinski definition) is 0. The van der Waals surface area contributed by atoms with Crippen molar-refractivity contribution in [2.75, 3.05) is 0 Å². The second-order valence-corrected chi connectivity index (χ2v) is 23.2. The van der Waals surface area contributed by atoms with E-state index in [1.807, 2.05) is 0 Å². The van der Waals surface area contributed by atoms with Gasteiger partial charge >= 0.3 is 0 Å².